The van der Waals surface area contributed by atoms with Crippen molar-refractivity contribution in [2.45, 2.75) is 51.6 Å². The van der Waals surface area contributed by atoms with Gasteiger partial charge in [-0.05, 0) is 13.0 Å². The summed E-state index contributed by atoms with van der Waals surface area (Å²) in [5.41, 5.74) is 0. The van der Waals surface area contributed by atoms with Gasteiger partial charge in [0.05, 0.1) is 6.61 Å². The molecule has 0 aromatic carbocycles. The van der Waals surface area contributed by atoms with E-state index in [1.165, 1.54) is 32.1 Å². The first-order chi connectivity index (χ1) is 8.06. The molecule has 0 saturated heterocycles. The van der Waals surface area contributed by atoms with Gasteiger partial charge in [0.1, 0.15) is 6.61 Å². The largest absolute Gasteiger partial charge is 0.411 e. The van der Waals surface area contributed by atoms with Crippen LogP contribution in [0, 0.1) is 0 Å². The standard InChI is InChI=1S/C12H24F3NO/c1-2-3-4-5-6-7-8-16-9-10-17-11-12(13,14)15/h16H,2-11H2,1H3. The number of nitrogens with one attached hydrogen (secondary N) is 1. The zero-order chi connectivity index (χ0) is 13.0. The van der Waals surface area contributed by atoms with Crippen LogP contribution in [0.25, 0.3) is 0 Å². The molecule has 0 aliphatic rings. The minimum atomic E-state index is -4.21. The van der Waals surface area contributed by atoms with E-state index in [0.29, 0.717) is 6.54 Å². The molecule has 0 aliphatic carbocycles. The van der Waals surface area contributed by atoms with Gasteiger partial charge in [0.15, 0.2) is 0 Å². The van der Waals surface area contributed by atoms with E-state index in [4.69, 9.17) is 0 Å². The monoisotopic (exact) mass is 255 g/mol. The van der Waals surface area contributed by atoms with E-state index < -0.39 is 12.8 Å². The second kappa shape index (κ2) is 10.8. The number of rotatable bonds is 11. The number of hydrogen-bond acceptors (Lipinski definition) is 2. The van der Waals surface area contributed by atoms with Crippen LogP contribution in [0.5, 0.6) is 0 Å². The van der Waals surface area contributed by atoms with Crippen molar-refractivity contribution >= 4 is 0 Å². The van der Waals surface area contributed by atoms with Crippen molar-refractivity contribution in [3.63, 3.8) is 0 Å². The minimum absolute atomic E-state index is 0.120. The van der Waals surface area contributed by atoms with Crippen molar-refractivity contribution in [2.75, 3.05) is 26.3 Å². The predicted molar refractivity (Wildman–Crippen MR) is 63.1 cm³/mol. The molecule has 0 aromatic heterocycles. The van der Waals surface area contributed by atoms with Crippen LogP contribution >= 0.6 is 0 Å². The van der Waals surface area contributed by atoms with Gasteiger partial charge in [0, 0.05) is 6.54 Å². The Bertz CT molecular complexity index is 162. The molecule has 5 heteroatoms. The molecule has 104 valence electrons. The van der Waals surface area contributed by atoms with Crippen molar-refractivity contribution in [3.05, 3.63) is 0 Å². The van der Waals surface area contributed by atoms with Gasteiger partial charge < -0.3 is 10.1 Å². The summed E-state index contributed by atoms with van der Waals surface area (Å²) >= 11 is 0. The van der Waals surface area contributed by atoms with Crippen molar-refractivity contribution in [1.29, 1.82) is 0 Å². The summed E-state index contributed by atoms with van der Waals surface area (Å²) in [6, 6.07) is 0. The number of unbranched alkanes of at least 4 members (excludes halogenated alkanes) is 5. The average Bonchev–Trinajstić information content (AvgIpc) is 2.24. The Morgan fingerprint density at radius 2 is 1.59 bits per heavy atom. The first kappa shape index (κ1) is 16.7. The minimum Gasteiger partial charge on any atom is -0.371 e. The summed E-state index contributed by atoms with van der Waals surface area (Å²) in [4.78, 5) is 0. The highest BCUT2D eigenvalue weighted by Gasteiger charge is 2.27. The molecule has 0 unspecified atom stereocenters. The van der Waals surface area contributed by atoms with Gasteiger partial charge in [-0.25, -0.2) is 0 Å². The molecule has 0 heterocycles. The Hall–Kier alpha value is -0.290. The highest BCUT2D eigenvalue weighted by atomic mass is 19.4. The van der Waals surface area contributed by atoms with Gasteiger partial charge in [0.2, 0.25) is 0 Å². The number of hydrogen-bond donors (Lipinski definition) is 1. The lowest BCUT2D eigenvalue weighted by molar-refractivity contribution is -0.173. The Labute approximate surface area is 102 Å². The van der Waals surface area contributed by atoms with E-state index in [2.05, 4.69) is 17.0 Å². The fraction of sp³-hybridized carbons (Fsp3) is 1.00. The van der Waals surface area contributed by atoms with Gasteiger partial charge in [0.25, 0.3) is 0 Å². The Morgan fingerprint density at radius 1 is 0.941 bits per heavy atom. The molecular formula is C12H24F3NO. The van der Waals surface area contributed by atoms with Crippen LogP contribution in [0.2, 0.25) is 0 Å². The van der Waals surface area contributed by atoms with Gasteiger partial charge in [-0.1, -0.05) is 39.0 Å². The maximum Gasteiger partial charge on any atom is 0.411 e. The van der Waals surface area contributed by atoms with E-state index in [1.807, 2.05) is 0 Å². The third-order valence-electron chi connectivity index (χ3n) is 2.40. The van der Waals surface area contributed by atoms with Gasteiger partial charge in [-0.15, -0.1) is 0 Å². The SMILES string of the molecule is CCCCCCCCNCCOCC(F)(F)F. The molecular weight excluding hydrogens is 231 g/mol. The summed E-state index contributed by atoms with van der Waals surface area (Å²) in [6.45, 7) is 2.51. The predicted octanol–water partition coefficient (Wildman–Crippen LogP) is 3.52. The zero-order valence-corrected chi connectivity index (χ0v) is 10.6. The number of alkyl halides is 3. The second-order valence-electron chi connectivity index (χ2n) is 4.19. The molecule has 0 amide bonds. The first-order valence-corrected chi connectivity index (χ1v) is 6.41. The molecule has 0 rings (SSSR count). The lowest BCUT2D eigenvalue weighted by Gasteiger charge is -2.08. The molecule has 2 nitrogen and oxygen atoms in total. The van der Waals surface area contributed by atoms with Crippen molar-refractivity contribution < 1.29 is 17.9 Å². The smallest absolute Gasteiger partial charge is 0.371 e. The van der Waals surface area contributed by atoms with Gasteiger partial charge in [-0.3, -0.25) is 0 Å². The highest BCUT2D eigenvalue weighted by molar-refractivity contribution is 4.50. The number of ether oxygens (including phenoxy) is 1. The Balaban J connectivity index is 2.99. The molecule has 17 heavy (non-hydrogen) atoms. The van der Waals surface area contributed by atoms with Crippen LogP contribution in [0.3, 0.4) is 0 Å². The molecule has 1 N–H and O–H groups in total. The Morgan fingerprint density at radius 3 is 2.24 bits per heavy atom. The van der Waals surface area contributed by atoms with E-state index in [9.17, 15) is 13.2 Å². The van der Waals surface area contributed by atoms with Crippen LogP contribution < -0.4 is 5.32 Å². The summed E-state index contributed by atoms with van der Waals surface area (Å²) in [5, 5.41) is 3.07. The van der Waals surface area contributed by atoms with E-state index in [0.717, 1.165) is 13.0 Å². The van der Waals surface area contributed by atoms with Crippen molar-refractivity contribution in [3.8, 4) is 0 Å². The second-order valence-corrected chi connectivity index (χ2v) is 4.19. The summed E-state index contributed by atoms with van der Waals surface area (Å²) < 4.78 is 39.5. The molecule has 0 atom stereocenters. The fourth-order valence-electron chi connectivity index (χ4n) is 1.49. The van der Waals surface area contributed by atoms with Crippen LogP contribution in [0.1, 0.15) is 45.4 Å². The van der Waals surface area contributed by atoms with Crippen LogP contribution in [0.4, 0.5) is 13.2 Å². The topological polar surface area (TPSA) is 21.3 Å². The van der Waals surface area contributed by atoms with Gasteiger partial charge in [-0.2, -0.15) is 13.2 Å². The molecule has 0 aromatic rings. The average molecular weight is 255 g/mol. The van der Waals surface area contributed by atoms with Gasteiger partial charge >= 0.3 is 6.18 Å². The normalized spacial score (nSPS) is 12.0. The maximum atomic E-state index is 11.7. The van der Waals surface area contributed by atoms with E-state index >= 15 is 0 Å². The molecule has 0 fully saturated rings. The lowest BCUT2D eigenvalue weighted by Crippen LogP contribution is -2.24. The Kier molecular flexibility index (Phi) is 10.7. The molecule has 0 bridgehead atoms. The summed E-state index contributed by atoms with van der Waals surface area (Å²) in [5.74, 6) is 0. The first-order valence-electron chi connectivity index (χ1n) is 6.41. The quantitative estimate of drug-likeness (QED) is 0.570. The molecule has 0 aliphatic heterocycles. The highest BCUT2D eigenvalue weighted by Crippen LogP contribution is 2.13. The maximum absolute atomic E-state index is 11.7. The molecule has 0 spiro atoms. The van der Waals surface area contributed by atoms with Crippen LogP contribution in [-0.2, 0) is 4.74 Å². The molecule has 0 radical (unpaired) electrons. The third kappa shape index (κ3) is 15.7. The summed E-state index contributed by atoms with van der Waals surface area (Å²) in [7, 11) is 0. The third-order valence-corrected chi connectivity index (χ3v) is 2.40. The fourth-order valence-corrected chi connectivity index (χ4v) is 1.49. The van der Waals surface area contributed by atoms with Crippen molar-refractivity contribution in [2.24, 2.45) is 0 Å². The number of halogens is 3. The van der Waals surface area contributed by atoms with E-state index in [1.54, 1.807) is 0 Å². The van der Waals surface area contributed by atoms with E-state index in [-0.39, 0.29) is 6.61 Å². The van der Waals surface area contributed by atoms with Crippen LogP contribution in [0.15, 0.2) is 0 Å². The molecule has 0 saturated carbocycles. The lowest BCUT2D eigenvalue weighted by atomic mass is 10.1. The van der Waals surface area contributed by atoms with Crippen LogP contribution in [-0.4, -0.2) is 32.5 Å². The summed E-state index contributed by atoms with van der Waals surface area (Å²) in [6.07, 6.45) is 3.14. The zero-order valence-electron chi connectivity index (χ0n) is 10.6. The van der Waals surface area contributed by atoms with Crippen molar-refractivity contribution in [1.82, 2.24) is 5.32 Å².